The van der Waals surface area contributed by atoms with Gasteiger partial charge in [0.25, 0.3) is 0 Å². The topological polar surface area (TPSA) is 101 Å². The fraction of sp³-hybridized carbons (Fsp3) is 0.318. The number of hydrogen-bond acceptors (Lipinski definition) is 5. The van der Waals surface area contributed by atoms with Crippen LogP contribution in [-0.4, -0.2) is 38.3 Å². The quantitative estimate of drug-likeness (QED) is 0.576. The number of rotatable bonds is 7. The maximum absolute atomic E-state index is 13.1. The average molecular weight is 507 g/mol. The summed E-state index contributed by atoms with van der Waals surface area (Å²) >= 11 is 3.35. The summed E-state index contributed by atoms with van der Waals surface area (Å²) in [6.45, 7) is 3.63. The summed E-state index contributed by atoms with van der Waals surface area (Å²) in [5.41, 5.74) is 2.23. The van der Waals surface area contributed by atoms with Crippen molar-refractivity contribution in [3.8, 4) is 0 Å². The number of ketones is 1. The number of carbonyl (C=O) groups is 3. The number of amides is 2. The van der Waals surface area contributed by atoms with Crippen LogP contribution in [0.3, 0.4) is 0 Å². The molecule has 0 aromatic heterocycles. The third-order valence-corrected chi connectivity index (χ3v) is 7.29. The summed E-state index contributed by atoms with van der Waals surface area (Å²) < 4.78 is 26.8. The number of fused-ring (bicyclic) bond motifs is 1. The molecule has 1 aliphatic rings. The van der Waals surface area contributed by atoms with E-state index in [2.05, 4.69) is 21.2 Å². The Bertz CT molecular complexity index is 1140. The molecule has 2 amide bonds. The minimum Gasteiger partial charge on any atom is -0.326 e. The normalized spacial score (nSPS) is 13.1. The molecule has 31 heavy (non-hydrogen) atoms. The second kappa shape index (κ2) is 9.32. The molecule has 0 atom stereocenters. The smallest absolute Gasteiger partial charge is 0.226 e. The van der Waals surface area contributed by atoms with Crippen molar-refractivity contribution in [2.24, 2.45) is 0 Å². The highest BCUT2D eigenvalue weighted by atomic mass is 79.9. The predicted octanol–water partition coefficient (Wildman–Crippen LogP) is 3.75. The summed E-state index contributed by atoms with van der Waals surface area (Å²) in [6.07, 6.45) is 0.624. The third-order valence-electron chi connectivity index (χ3n) is 5.10. The van der Waals surface area contributed by atoms with Crippen LogP contribution in [0.1, 0.15) is 42.6 Å². The fourth-order valence-electron chi connectivity index (χ4n) is 3.50. The molecule has 0 spiro atoms. The third kappa shape index (κ3) is 5.22. The Hall–Kier alpha value is -2.52. The van der Waals surface area contributed by atoms with E-state index < -0.39 is 15.7 Å². The molecule has 9 heteroatoms. The van der Waals surface area contributed by atoms with E-state index in [-0.39, 0.29) is 35.2 Å². The number of anilines is 2. The molecule has 1 heterocycles. The molecule has 1 aliphatic heterocycles. The lowest BCUT2D eigenvalue weighted by Crippen LogP contribution is -2.29. The van der Waals surface area contributed by atoms with Crippen molar-refractivity contribution in [3.63, 3.8) is 0 Å². The summed E-state index contributed by atoms with van der Waals surface area (Å²) in [5.74, 6) is -1.06. The zero-order valence-corrected chi connectivity index (χ0v) is 19.7. The van der Waals surface area contributed by atoms with Crippen molar-refractivity contribution in [1.82, 2.24) is 0 Å². The van der Waals surface area contributed by atoms with Crippen LogP contribution in [0, 0.1) is 0 Å². The summed E-state index contributed by atoms with van der Waals surface area (Å²) in [6, 6.07) is 9.71. The largest absolute Gasteiger partial charge is 0.326 e. The number of nitrogens with one attached hydrogen (secondary N) is 1. The molecule has 3 rings (SSSR count). The van der Waals surface area contributed by atoms with Gasteiger partial charge >= 0.3 is 0 Å². The minimum absolute atomic E-state index is 0.0646. The molecule has 1 N–H and O–H groups in total. The standard InChI is InChI=1S/C22H23BrN2O5S/c1-3-21(28)25-10-8-16-12-17(23)13-19(22(16)25)31(29,30)11-9-20(27)24-18-6-4-15(5-7-18)14(2)26/h4-7,12-13H,3,8-11H2,1-2H3,(H,24,27). The van der Waals surface area contributed by atoms with Gasteiger partial charge < -0.3 is 10.2 Å². The van der Waals surface area contributed by atoms with Crippen LogP contribution in [0.5, 0.6) is 0 Å². The molecule has 0 saturated carbocycles. The fourth-order valence-corrected chi connectivity index (χ4v) is 5.67. The highest BCUT2D eigenvalue weighted by Gasteiger charge is 2.32. The van der Waals surface area contributed by atoms with Gasteiger partial charge in [-0.25, -0.2) is 8.42 Å². The number of halogens is 1. The second-order valence-corrected chi connectivity index (χ2v) is 10.3. The Kier molecular flexibility index (Phi) is 6.96. The van der Waals surface area contributed by atoms with Crippen molar-refractivity contribution in [2.75, 3.05) is 22.5 Å². The minimum atomic E-state index is -3.82. The van der Waals surface area contributed by atoms with E-state index in [1.165, 1.54) is 17.9 Å². The monoisotopic (exact) mass is 506 g/mol. The van der Waals surface area contributed by atoms with E-state index >= 15 is 0 Å². The number of sulfone groups is 1. The van der Waals surface area contributed by atoms with Gasteiger partial charge in [-0.1, -0.05) is 22.9 Å². The van der Waals surface area contributed by atoms with Gasteiger partial charge in [-0.15, -0.1) is 0 Å². The highest BCUT2D eigenvalue weighted by Crippen LogP contribution is 2.38. The van der Waals surface area contributed by atoms with Gasteiger partial charge in [0.15, 0.2) is 15.6 Å². The van der Waals surface area contributed by atoms with Crippen LogP contribution in [0.4, 0.5) is 11.4 Å². The molecule has 0 radical (unpaired) electrons. The van der Waals surface area contributed by atoms with E-state index in [1.54, 1.807) is 31.2 Å². The molecule has 0 bridgehead atoms. The van der Waals surface area contributed by atoms with Gasteiger partial charge in [-0.05, 0) is 55.3 Å². The average Bonchev–Trinajstić information content (AvgIpc) is 3.15. The summed E-state index contributed by atoms with van der Waals surface area (Å²) in [7, 11) is -3.82. The van der Waals surface area contributed by atoms with Gasteiger partial charge in [0.1, 0.15) is 0 Å². The van der Waals surface area contributed by atoms with E-state index in [9.17, 15) is 22.8 Å². The first-order chi connectivity index (χ1) is 14.6. The Morgan fingerprint density at radius 2 is 1.81 bits per heavy atom. The molecular weight excluding hydrogens is 484 g/mol. The lowest BCUT2D eigenvalue weighted by Gasteiger charge is -2.20. The van der Waals surface area contributed by atoms with Crippen LogP contribution in [0.25, 0.3) is 0 Å². The molecule has 7 nitrogen and oxygen atoms in total. The van der Waals surface area contributed by atoms with Crippen LogP contribution < -0.4 is 10.2 Å². The number of hydrogen-bond donors (Lipinski definition) is 1. The zero-order chi connectivity index (χ0) is 22.8. The molecule has 0 aliphatic carbocycles. The lowest BCUT2D eigenvalue weighted by atomic mass is 10.1. The first-order valence-corrected chi connectivity index (χ1v) is 12.3. The van der Waals surface area contributed by atoms with Crippen LogP contribution in [0.15, 0.2) is 45.8 Å². The number of Topliss-reactive ketones (excluding diaryl/α,β-unsaturated/α-hetero) is 1. The Labute approximate surface area is 189 Å². The van der Waals surface area contributed by atoms with Gasteiger partial charge in [-0.2, -0.15) is 0 Å². The molecule has 0 unspecified atom stereocenters. The molecule has 2 aromatic rings. The first-order valence-electron chi connectivity index (χ1n) is 9.88. The first kappa shape index (κ1) is 23.1. The van der Waals surface area contributed by atoms with Crippen LogP contribution in [0.2, 0.25) is 0 Å². The van der Waals surface area contributed by atoms with Gasteiger partial charge in [-0.3, -0.25) is 14.4 Å². The number of benzene rings is 2. The lowest BCUT2D eigenvalue weighted by molar-refractivity contribution is -0.118. The molecule has 0 fully saturated rings. The maximum atomic E-state index is 13.1. The molecule has 0 saturated heterocycles. The molecule has 2 aromatic carbocycles. The number of nitrogens with zero attached hydrogens (tertiary/aromatic N) is 1. The van der Waals surface area contributed by atoms with Gasteiger partial charge in [0, 0.05) is 35.1 Å². The highest BCUT2D eigenvalue weighted by molar-refractivity contribution is 9.10. The van der Waals surface area contributed by atoms with E-state index in [4.69, 9.17) is 0 Å². The van der Waals surface area contributed by atoms with Crippen LogP contribution >= 0.6 is 15.9 Å². The molecular formula is C22H23BrN2O5S. The van der Waals surface area contributed by atoms with E-state index in [0.717, 1.165) is 5.56 Å². The summed E-state index contributed by atoms with van der Waals surface area (Å²) in [5, 5.41) is 2.64. The predicted molar refractivity (Wildman–Crippen MR) is 122 cm³/mol. The van der Waals surface area contributed by atoms with Crippen LogP contribution in [-0.2, 0) is 25.8 Å². The van der Waals surface area contributed by atoms with E-state index in [0.29, 0.717) is 34.4 Å². The van der Waals surface area contributed by atoms with Crippen molar-refractivity contribution in [1.29, 1.82) is 0 Å². The Balaban J connectivity index is 1.76. The molecule has 164 valence electrons. The Morgan fingerprint density at radius 3 is 2.42 bits per heavy atom. The van der Waals surface area contributed by atoms with Crippen molar-refractivity contribution >= 4 is 54.7 Å². The second-order valence-electron chi connectivity index (χ2n) is 7.31. The van der Waals surface area contributed by atoms with Crippen molar-refractivity contribution in [2.45, 2.75) is 38.0 Å². The Morgan fingerprint density at radius 1 is 1.13 bits per heavy atom. The SMILES string of the molecule is CCC(=O)N1CCc2cc(Br)cc(S(=O)(=O)CCC(=O)Nc3ccc(C(C)=O)cc3)c21. The zero-order valence-electron chi connectivity index (χ0n) is 17.3. The van der Waals surface area contributed by atoms with E-state index in [1.807, 2.05) is 6.07 Å². The summed E-state index contributed by atoms with van der Waals surface area (Å²) in [4.78, 5) is 37.5. The van der Waals surface area contributed by atoms with Crippen molar-refractivity contribution < 1.29 is 22.8 Å². The number of carbonyl (C=O) groups excluding carboxylic acids is 3. The van der Waals surface area contributed by atoms with Gasteiger partial charge in [0.05, 0.1) is 16.3 Å². The maximum Gasteiger partial charge on any atom is 0.226 e. The van der Waals surface area contributed by atoms with Crippen molar-refractivity contribution in [3.05, 3.63) is 52.0 Å². The van der Waals surface area contributed by atoms with Gasteiger partial charge in [0.2, 0.25) is 11.8 Å².